The quantitative estimate of drug-likeness (QED) is 0.157. The summed E-state index contributed by atoms with van der Waals surface area (Å²) in [5.74, 6) is 0. The fourth-order valence-corrected chi connectivity index (χ4v) is 10.8. The molecule has 12 aromatic rings. The Balaban J connectivity index is 1.24. The molecule has 0 atom stereocenters. The number of alkyl halides is 3. The Bertz CT molecular complexity index is 4420. The number of hydrogen-bond acceptors (Lipinski definition) is 5. The smallest absolute Gasteiger partial charge is 0.307 e. The van der Waals surface area contributed by atoms with Crippen molar-refractivity contribution >= 4 is 43.6 Å². The maximum Gasteiger partial charge on any atom is 0.417 e. The summed E-state index contributed by atoms with van der Waals surface area (Å²) in [5, 5.41) is 55.1. The van der Waals surface area contributed by atoms with Crippen LogP contribution < -0.4 is 0 Å². The van der Waals surface area contributed by atoms with Crippen LogP contribution in [0.3, 0.4) is 0 Å². The zero-order valence-corrected chi connectivity index (χ0v) is 39.9. The van der Waals surface area contributed by atoms with E-state index in [4.69, 9.17) is 0 Å². The highest BCUT2D eigenvalue weighted by molar-refractivity contribution is 6.14. The molecule has 0 saturated carbocycles. The number of rotatable bonds is 7. The average Bonchev–Trinajstić information content (AvgIpc) is 3.98. The van der Waals surface area contributed by atoms with Gasteiger partial charge in [-0.2, -0.15) is 39.5 Å². The van der Waals surface area contributed by atoms with E-state index >= 15 is 13.2 Å². The van der Waals surface area contributed by atoms with Gasteiger partial charge in [-0.3, -0.25) is 0 Å². The van der Waals surface area contributed by atoms with Crippen LogP contribution in [0.2, 0.25) is 0 Å². The predicted octanol–water partition coefficient (Wildman–Crippen LogP) is 16.6. The van der Waals surface area contributed by atoms with Crippen molar-refractivity contribution in [2.75, 3.05) is 0 Å². The van der Waals surface area contributed by atoms with Gasteiger partial charge in [0.25, 0.3) is 0 Å². The lowest BCUT2D eigenvalue weighted by atomic mass is 9.94. The Morgan fingerprint density at radius 3 is 0.895 bits per heavy atom. The van der Waals surface area contributed by atoms with Gasteiger partial charge in [0.05, 0.1) is 97.2 Å². The number of halogens is 3. The van der Waals surface area contributed by atoms with Gasteiger partial charge in [-0.25, -0.2) is 0 Å². The molecule has 12 rings (SSSR count). The van der Waals surface area contributed by atoms with Crippen molar-refractivity contribution in [3.8, 4) is 97.4 Å². The van der Waals surface area contributed by atoms with Gasteiger partial charge in [-0.15, -0.1) is 0 Å². The molecule has 0 saturated heterocycles. The highest BCUT2D eigenvalue weighted by atomic mass is 19.4. The fourth-order valence-electron chi connectivity index (χ4n) is 10.8. The molecule has 10 heteroatoms. The highest BCUT2D eigenvalue weighted by Gasteiger charge is 2.35. The van der Waals surface area contributed by atoms with Crippen LogP contribution in [0, 0.1) is 56.7 Å². The molecule has 0 unspecified atom stereocenters. The van der Waals surface area contributed by atoms with Gasteiger partial charge in [0, 0.05) is 27.1 Å². The van der Waals surface area contributed by atoms with Crippen LogP contribution in [0.4, 0.5) is 13.2 Å². The third-order valence-corrected chi connectivity index (χ3v) is 14.2. The molecule has 0 N–H and O–H groups in total. The summed E-state index contributed by atoms with van der Waals surface area (Å²) in [4.78, 5) is 0. The summed E-state index contributed by atoms with van der Waals surface area (Å²) < 4.78 is 49.4. The second-order valence-electron chi connectivity index (χ2n) is 18.3. The third-order valence-electron chi connectivity index (χ3n) is 14.2. The molecule has 0 bridgehead atoms. The van der Waals surface area contributed by atoms with E-state index in [0.717, 1.165) is 61.0 Å². The number of hydrogen-bond donors (Lipinski definition) is 0. The molecular weight excluding hydrogens is 948 g/mol. The van der Waals surface area contributed by atoms with Gasteiger partial charge in [0.2, 0.25) is 0 Å². The number of benzene rings is 10. The van der Waals surface area contributed by atoms with Crippen molar-refractivity contribution in [2.45, 2.75) is 6.18 Å². The maximum atomic E-state index is 15.1. The van der Waals surface area contributed by atoms with Crippen molar-refractivity contribution in [2.24, 2.45) is 0 Å². The second-order valence-corrected chi connectivity index (χ2v) is 18.3. The molecule has 0 aliphatic rings. The first-order valence-electron chi connectivity index (χ1n) is 24.0. The van der Waals surface area contributed by atoms with E-state index in [1.807, 2.05) is 143 Å². The normalized spacial score (nSPS) is 11.3. The Morgan fingerprint density at radius 2 is 0.579 bits per heavy atom. The van der Waals surface area contributed by atoms with E-state index in [9.17, 15) is 26.3 Å². The molecule has 7 nitrogen and oxygen atoms in total. The van der Waals surface area contributed by atoms with Crippen molar-refractivity contribution in [3.05, 3.63) is 240 Å². The lowest BCUT2D eigenvalue weighted by Gasteiger charge is -2.21. The monoisotopic (exact) mass is 981 g/mol. The van der Waals surface area contributed by atoms with Crippen LogP contribution in [0.1, 0.15) is 33.4 Å². The fraction of sp³-hybridized carbons (Fsp3) is 0.0152. The second kappa shape index (κ2) is 18.3. The van der Waals surface area contributed by atoms with Crippen LogP contribution in [0.15, 0.2) is 206 Å². The van der Waals surface area contributed by atoms with E-state index in [1.165, 1.54) is 18.2 Å². The highest BCUT2D eigenvalue weighted by Crippen LogP contribution is 2.46. The number of nitrogens with zero attached hydrogens (tertiary/aromatic N) is 7. The van der Waals surface area contributed by atoms with Crippen molar-refractivity contribution in [1.82, 2.24) is 9.13 Å². The molecule has 76 heavy (non-hydrogen) atoms. The van der Waals surface area contributed by atoms with Gasteiger partial charge >= 0.3 is 6.18 Å². The van der Waals surface area contributed by atoms with Crippen molar-refractivity contribution in [3.63, 3.8) is 0 Å². The maximum absolute atomic E-state index is 15.1. The van der Waals surface area contributed by atoms with Crippen molar-refractivity contribution < 1.29 is 13.2 Å². The first kappa shape index (κ1) is 46.1. The summed E-state index contributed by atoms with van der Waals surface area (Å²) in [5.41, 5.74) is 10.5. The summed E-state index contributed by atoms with van der Waals surface area (Å²) in [6, 6.07) is 72.9. The van der Waals surface area contributed by atoms with E-state index < -0.39 is 11.7 Å². The van der Waals surface area contributed by atoms with Crippen LogP contribution in [0.5, 0.6) is 0 Å². The molecule has 0 radical (unpaired) electrons. The first-order chi connectivity index (χ1) is 37.1. The molecule has 0 aliphatic carbocycles. The van der Waals surface area contributed by atoms with E-state index in [0.29, 0.717) is 66.8 Å². The molecule has 0 fully saturated rings. The van der Waals surface area contributed by atoms with Gasteiger partial charge in [-0.1, -0.05) is 115 Å². The molecular formula is C66H34F3N7. The molecule has 0 aliphatic heterocycles. The van der Waals surface area contributed by atoms with Crippen molar-refractivity contribution in [1.29, 1.82) is 26.3 Å². The SMILES string of the molecule is N#Cc1ccccc1-c1ccc2c(c1)c1cc(-c3ccccc3C#N)ccc1n2-c1cc(C#N)c(-c2ccccc2C(F)(F)F)cc1-n1c2ccc(-c3ccccc3C#N)cc2c2cc(-c3ccccc3C#N)ccc21. The largest absolute Gasteiger partial charge is 0.417 e. The minimum absolute atomic E-state index is 0.00357. The van der Waals surface area contributed by atoms with Crippen LogP contribution in [-0.4, -0.2) is 9.13 Å². The zero-order valence-electron chi connectivity index (χ0n) is 39.9. The minimum atomic E-state index is -4.77. The Labute approximate surface area is 433 Å². The topological polar surface area (TPSA) is 129 Å². The average molecular weight is 982 g/mol. The predicted molar refractivity (Wildman–Crippen MR) is 291 cm³/mol. The Morgan fingerprint density at radius 1 is 0.289 bits per heavy atom. The number of aromatic nitrogens is 2. The Hall–Kier alpha value is -11.0. The molecule has 354 valence electrons. The molecule has 0 amide bonds. The summed E-state index contributed by atoms with van der Waals surface area (Å²) in [7, 11) is 0. The lowest BCUT2D eigenvalue weighted by molar-refractivity contribution is -0.137. The number of fused-ring (bicyclic) bond motifs is 6. The van der Waals surface area contributed by atoms with Gasteiger partial charge in [0.15, 0.2) is 0 Å². The molecule has 2 heterocycles. The van der Waals surface area contributed by atoms with Gasteiger partial charge in [0.1, 0.15) is 0 Å². The summed E-state index contributed by atoms with van der Waals surface area (Å²) in [6.45, 7) is 0. The van der Waals surface area contributed by atoms with Crippen LogP contribution in [0.25, 0.3) is 111 Å². The summed E-state index contributed by atoms with van der Waals surface area (Å²) in [6.07, 6.45) is -4.77. The standard InChI is InChI=1S/C66H34F3N7/c67-66(68,69)59-20-10-9-19-53(59)54-34-65(76-62-27-23-42(51-17-7-3-13-46(51)37-72)31-57(62)58-32-43(24-28-63(58)76)52-18-8-4-14-47(52)38-73)64(33-48(54)39-74)75-60-25-21-40(49-15-5-1-11-44(49)35-70)29-55(60)56-30-41(22-26-61(56)75)50-16-6-2-12-45(50)36-71/h1-34H. The first-order valence-corrected chi connectivity index (χ1v) is 24.0. The molecule has 2 aromatic heterocycles. The van der Waals surface area contributed by atoms with Crippen LogP contribution >= 0.6 is 0 Å². The minimum Gasteiger partial charge on any atom is -0.307 e. The van der Waals surface area contributed by atoms with Gasteiger partial charge < -0.3 is 9.13 Å². The van der Waals surface area contributed by atoms with E-state index in [1.54, 1.807) is 48.5 Å². The number of nitriles is 5. The van der Waals surface area contributed by atoms with E-state index in [-0.39, 0.29) is 16.7 Å². The zero-order chi connectivity index (χ0) is 52.2. The third kappa shape index (κ3) is 7.49. The molecule has 10 aromatic carbocycles. The van der Waals surface area contributed by atoms with Gasteiger partial charge in [-0.05, 0) is 141 Å². The molecule has 0 spiro atoms. The van der Waals surface area contributed by atoms with E-state index in [2.05, 4.69) is 30.3 Å². The summed E-state index contributed by atoms with van der Waals surface area (Å²) >= 11 is 0. The Kier molecular flexibility index (Phi) is 11.1. The lowest BCUT2D eigenvalue weighted by Crippen LogP contribution is -2.09. The van der Waals surface area contributed by atoms with Crippen LogP contribution in [-0.2, 0) is 6.18 Å².